The van der Waals surface area contributed by atoms with Crippen molar-refractivity contribution in [3.63, 3.8) is 0 Å². The van der Waals surface area contributed by atoms with Gasteiger partial charge in [0.1, 0.15) is 11.9 Å². The average molecular weight is 500 g/mol. The Kier molecular flexibility index (Phi) is 8.21. The lowest BCUT2D eigenvalue weighted by molar-refractivity contribution is 0.0907. The van der Waals surface area contributed by atoms with Crippen molar-refractivity contribution in [3.05, 3.63) is 84.2 Å². The number of rotatable bonds is 8. The molecule has 7 nitrogen and oxygen atoms in total. The van der Waals surface area contributed by atoms with E-state index in [1.165, 1.54) is 11.3 Å². The number of anilines is 2. The van der Waals surface area contributed by atoms with Crippen LogP contribution in [0.1, 0.15) is 41.6 Å². The van der Waals surface area contributed by atoms with Crippen LogP contribution in [0.3, 0.4) is 0 Å². The Bertz CT molecular complexity index is 1140. The Morgan fingerprint density at radius 2 is 1.68 bits per heavy atom. The normalized spacial score (nSPS) is 17.4. The highest BCUT2D eigenvalue weighted by Crippen LogP contribution is 2.25. The Morgan fingerprint density at radius 3 is 2.38 bits per heavy atom. The van der Waals surface area contributed by atoms with Gasteiger partial charge in [0.2, 0.25) is 0 Å². The van der Waals surface area contributed by atoms with E-state index in [2.05, 4.69) is 61.8 Å². The van der Waals surface area contributed by atoms with E-state index in [4.69, 9.17) is 4.74 Å². The molecule has 37 heavy (non-hydrogen) atoms. The van der Waals surface area contributed by atoms with E-state index in [0.29, 0.717) is 5.56 Å². The van der Waals surface area contributed by atoms with Gasteiger partial charge in [-0.2, -0.15) is 0 Å². The summed E-state index contributed by atoms with van der Waals surface area (Å²) in [5.74, 6) is 0.759. The summed E-state index contributed by atoms with van der Waals surface area (Å²) >= 11 is 0. The molecule has 0 atom stereocenters. The summed E-state index contributed by atoms with van der Waals surface area (Å²) in [5, 5.41) is 6.41. The Labute approximate surface area is 219 Å². The van der Waals surface area contributed by atoms with Gasteiger partial charge in [-0.1, -0.05) is 6.07 Å². The molecule has 2 fully saturated rings. The summed E-state index contributed by atoms with van der Waals surface area (Å²) in [6.07, 6.45) is 7.69. The average Bonchev–Trinajstić information content (AvgIpc) is 2.95. The van der Waals surface area contributed by atoms with Gasteiger partial charge in [0, 0.05) is 88.0 Å². The minimum atomic E-state index is -0.0159. The fraction of sp³-hybridized carbons (Fsp3) is 0.400. The quantitative estimate of drug-likeness (QED) is 0.473. The summed E-state index contributed by atoms with van der Waals surface area (Å²) in [6, 6.07) is 20.5. The smallest absolute Gasteiger partial charge is 0.251 e. The van der Waals surface area contributed by atoms with Gasteiger partial charge in [-0.15, -0.1) is 0 Å². The summed E-state index contributed by atoms with van der Waals surface area (Å²) < 4.78 is 6.30. The second kappa shape index (κ2) is 12.1. The fourth-order valence-corrected chi connectivity index (χ4v) is 5.22. The molecule has 2 saturated heterocycles. The number of carbonyl (C=O) groups is 1. The number of pyridine rings is 1. The molecule has 0 unspecified atom stereocenters. The monoisotopic (exact) mass is 499 g/mol. The van der Waals surface area contributed by atoms with Crippen molar-refractivity contribution in [1.82, 2.24) is 15.2 Å². The van der Waals surface area contributed by atoms with E-state index in [1.807, 2.05) is 43.7 Å². The van der Waals surface area contributed by atoms with Crippen molar-refractivity contribution in [3.8, 4) is 5.75 Å². The van der Waals surface area contributed by atoms with Gasteiger partial charge in [0.05, 0.1) is 0 Å². The van der Waals surface area contributed by atoms with Gasteiger partial charge in [-0.05, 0) is 73.0 Å². The molecular weight excluding hydrogens is 462 g/mol. The van der Waals surface area contributed by atoms with E-state index in [9.17, 15) is 4.79 Å². The summed E-state index contributed by atoms with van der Waals surface area (Å²) in [7, 11) is 1.94. The lowest BCUT2D eigenvalue weighted by Gasteiger charge is -2.34. The van der Waals surface area contributed by atoms with Crippen LogP contribution in [0.25, 0.3) is 0 Å². The third kappa shape index (κ3) is 6.80. The zero-order valence-corrected chi connectivity index (χ0v) is 21.6. The van der Waals surface area contributed by atoms with Crippen LogP contribution in [-0.2, 0) is 6.54 Å². The number of likely N-dealkylation sites (tertiary alicyclic amines) is 1. The summed E-state index contributed by atoms with van der Waals surface area (Å²) in [5.41, 5.74) is 4.32. The van der Waals surface area contributed by atoms with Gasteiger partial charge >= 0.3 is 0 Å². The zero-order valence-electron chi connectivity index (χ0n) is 21.6. The van der Waals surface area contributed by atoms with Gasteiger partial charge in [-0.3, -0.25) is 14.7 Å². The van der Waals surface area contributed by atoms with Crippen molar-refractivity contribution >= 4 is 17.3 Å². The largest absolute Gasteiger partial charge is 0.490 e. The molecule has 0 bridgehead atoms. The number of carbonyl (C=O) groups excluding carboxylic acids is 1. The van der Waals surface area contributed by atoms with E-state index >= 15 is 0 Å². The van der Waals surface area contributed by atoms with Crippen molar-refractivity contribution < 1.29 is 9.53 Å². The van der Waals surface area contributed by atoms with Crippen molar-refractivity contribution in [2.75, 3.05) is 43.4 Å². The summed E-state index contributed by atoms with van der Waals surface area (Å²) in [4.78, 5) is 21.9. The first-order valence-electron chi connectivity index (χ1n) is 13.4. The number of amides is 1. The van der Waals surface area contributed by atoms with Crippen molar-refractivity contribution in [1.29, 1.82) is 0 Å². The highest BCUT2D eigenvalue weighted by atomic mass is 16.5. The van der Waals surface area contributed by atoms with Gasteiger partial charge in [0.25, 0.3) is 5.91 Å². The van der Waals surface area contributed by atoms with Crippen molar-refractivity contribution in [2.45, 2.75) is 44.4 Å². The molecule has 3 heterocycles. The van der Waals surface area contributed by atoms with E-state index in [-0.39, 0.29) is 18.1 Å². The van der Waals surface area contributed by atoms with Crippen LogP contribution in [0, 0.1) is 0 Å². The second-order valence-electron chi connectivity index (χ2n) is 10.0. The first-order valence-corrected chi connectivity index (χ1v) is 13.4. The molecule has 7 heteroatoms. The molecule has 0 spiro atoms. The molecule has 2 aromatic carbocycles. The van der Waals surface area contributed by atoms with Crippen LogP contribution in [0.4, 0.5) is 11.4 Å². The maximum absolute atomic E-state index is 13.0. The lowest BCUT2D eigenvalue weighted by Crippen LogP contribution is -2.44. The van der Waals surface area contributed by atoms with E-state index in [1.54, 1.807) is 0 Å². The zero-order chi connectivity index (χ0) is 25.5. The van der Waals surface area contributed by atoms with Crippen LogP contribution < -0.4 is 20.3 Å². The molecule has 2 aliphatic heterocycles. The number of piperidine rings is 2. The minimum Gasteiger partial charge on any atom is -0.490 e. The standard InChI is InChI=1S/C30H37N5O2/c1-31-25-5-7-27(8-6-25)35-19-13-28(14-20-35)37-29-4-2-3-24(21-29)30(36)33-26-11-17-34(18-12-26)22-23-9-15-32-16-10-23/h2-10,15-16,21,26,28,31H,11-14,17-20,22H2,1H3,(H,33,36). The molecule has 2 aliphatic rings. The van der Waals surface area contributed by atoms with Crippen molar-refractivity contribution in [2.24, 2.45) is 0 Å². The number of nitrogens with one attached hydrogen (secondary N) is 2. The number of ether oxygens (including phenoxy) is 1. The van der Waals surface area contributed by atoms with Crippen LogP contribution in [0.2, 0.25) is 0 Å². The van der Waals surface area contributed by atoms with Crippen LogP contribution >= 0.6 is 0 Å². The SMILES string of the molecule is CNc1ccc(N2CCC(Oc3cccc(C(=O)NC4CCN(Cc5ccncc5)CC4)c3)CC2)cc1. The Hall–Kier alpha value is -3.58. The molecule has 0 aliphatic carbocycles. The van der Waals surface area contributed by atoms with Gasteiger partial charge in [0.15, 0.2) is 0 Å². The predicted molar refractivity (Wildman–Crippen MR) is 148 cm³/mol. The number of nitrogens with zero attached hydrogens (tertiary/aromatic N) is 3. The predicted octanol–water partition coefficient (Wildman–Crippen LogP) is 4.57. The first kappa shape index (κ1) is 25.1. The molecule has 0 saturated carbocycles. The van der Waals surface area contributed by atoms with E-state index < -0.39 is 0 Å². The maximum Gasteiger partial charge on any atom is 0.251 e. The Morgan fingerprint density at radius 1 is 0.946 bits per heavy atom. The molecule has 1 amide bonds. The first-order chi connectivity index (χ1) is 18.2. The lowest BCUT2D eigenvalue weighted by atomic mass is 10.0. The maximum atomic E-state index is 13.0. The molecule has 2 N–H and O–H groups in total. The highest BCUT2D eigenvalue weighted by molar-refractivity contribution is 5.94. The van der Waals surface area contributed by atoms with Crippen LogP contribution in [0.5, 0.6) is 5.75 Å². The number of aromatic nitrogens is 1. The minimum absolute atomic E-state index is 0.0159. The second-order valence-corrected chi connectivity index (χ2v) is 10.0. The molecule has 1 aromatic heterocycles. The van der Waals surface area contributed by atoms with E-state index in [0.717, 1.165) is 69.8 Å². The highest BCUT2D eigenvalue weighted by Gasteiger charge is 2.23. The third-order valence-electron chi connectivity index (χ3n) is 7.44. The van der Waals surface area contributed by atoms with Crippen LogP contribution in [-0.4, -0.2) is 61.2 Å². The molecule has 194 valence electrons. The molecule has 5 rings (SSSR count). The third-order valence-corrected chi connectivity index (χ3v) is 7.44. The van der Waals surface area contributed by atoms with Crippen LogP contribution in [0.15, 0.2) is 73.1 Å². The fourth-order valence-electron chi connectivity index (χ4n) is 5.22. The summed E-state index contributed by atoms with van der Waals surface area (Å²) in [6.45, 7) is 4.82. The molecule has 3 aromatic rings. The molecule has 0 radical (unpaired) electrons. The topological polar surface area (TPSA) is 69.7 Å². The van der Waals surface area contributed by atoms with Gasteiger partial charge in [-0.25, -0.2) is 0 Å². The Balaban J connectivity index is 1.08. The number of benzene rings is 2. The number of hydrogen-bond acceptors (Lipinski definition) is 6. The van der Waals surface area contributed by atoms with Gasteiger partial charge < -0.3 is 20.3 Å². The number of hydrogen-bond donors (Lipinski definition) is 2. The molecular formula is C30H37N5O2.